The van der Waals surface area contributed by atoms with Crippen LogP contribution in [0.2, 0.25) is 5.02 Å². The van der Waals surface area contributed by atoms with Crippen molar-refractivity contribution in [1.82, 2.24) is 5.32 Å². The second-order valence-electron chi connectivity index (χ2n) is 4.68. The first kappa shape index (κ1) is 17.5. The molecule has 1 aromatic carbocycles. The molecule has 0 aliphatic carbocycles. The molecule has 0 saturated carbocycles. The van der Waals surface area contributed by atoms with Crippen LogP contribution in [0, 0.1) is 0 Å². The van der Waals surface area contributed by atoms with Crippen LogP contribution in [0.3, 0.4) is 0 Å². The maximum absolute atomic E-state index is 12.2. The number of hydrogen-bond acceptors (Lipinski definition) is 3. The third-order valence-electron chi connectivity index (χ3n) is 2.95. The molecule has 0 spiro atoms. The Morgan fingerprint density at radius 2 is 2.19 bits per heavy atom. The molecule has 118 valence electrons. The van der Waals surface area contributed by atoms with E-state index in [4.69, 9.17) is 11.6 Å². The Morgan fingerprint density at radius 1 is 1.52 bits per heavy atom. The first-order valence-electron chi connectivity index (χ1n) is 6.24. The summed E-state index contributed by atoms with van der Waals surface area (Å²) < 4.78 is 28.6. The maximum atomic E-state index is 12.2. The van der Waals surface area contributed by atoms with E-state index in [0.29, 0.717) is 6.42 Å². The summed E-state index contributed by atoms with van der Waals surface area (Å²) in [4.78, 5) is 11.8. The lowest BCUT2D eigenvalue weighted by molar-refractivity contribution is -0.0497. The molecule has 0 bridgehead atoms. The Balaban J connectivity index is 2.77. The van der Waals surface area contributed by atoms with Crippen LogP contribution in [0.5, 0.6) is 5.75 Å². The van der Waals surface area contributed by atoms with Gasteiger partial charge in [0.2, 0.25) is 0 Å². The lowest BCUT2D eigenvalue weighted by Gasteiger charge is -2.27. The number of halogens is 3. The highest BCUT2D eigenvalue weighted by Crippen LogP contribution is 2.29. The third-order valence-corrected chi connectivity index (χ3v) is 3.26. The number of aliphatic hydroxyl groups is 1. The SMILES string of the molecule is CCC(C)(CO)NC(=O)Nc1ccc(Cl)c(OC(F)F)c1. The number of urea groups is 1. The van der Waals surface area contributed by atoms with Gasteiger partial charge in [0.1, 0.15) is 5.75 Å². The van der Waals surface area contributed by atoms with E-state index in [1.54, 1.807) is 6.92 Å². The van der Waals surface area contributed by atoms with Gasteiger partial charge in [-0.25, -0.2) is 4.79 Å². The van der Waals surface area contributed by atoms with E-state index < -0.39 is 18.2 Å². The molecule has 0 heterocycles. The summed E-state index contributed by atoms with van der Waals surface area (Å²) in [6.45, 7) is 0.258. The molecule has 21 heavy (non-hydrogen) atoms. The van der Waals surface area contributed by atoms with E-state index in [9.17, 15) is 18.7 Å². The van der Waals surface area contributed by atoms with Crippen molar-refractivity contribution in [3.8, 4) is 5.75 Å². The predicted octanol–water partition coefficient (Wildman–Crippen LogP) is 3.22. The minimum atomic E-state index is -3.01. The van der Waals surface area contributed by atoms with Gasteiger partial charge in [-0.3, -0.25) is 0 Å². The minimum absolute atomic E-state index is 0.00927. The smallest absolute Gasteiger partial charge is 0.387 e. The Hall–Kier alpha value is -1.60. The number of nitrogens with one attached hydrogen (secondary N) is 2. The van der Waals surface area contributed by atoms with Crippen molar-refractivity contribution < 1.29 is 23.4 Å². The van der Waals surface area contributed by atoms with Crippen LogP contribution in [0.25, 0.3) is 0 Å². The monoisotopic (exact) mass is 322 g/mol. The summed E-state index contributed by atoms with van der Waals surface area (Å²) in [6, 6.07) is 3.40. The van der Waals surface area contributed by atoms with Crippen LogP contribution in [-0.2, 0) is 0 Å². The average molecular weight is 323 g/mol. The second kappa shape index (κ2) is 7.42. The van der Waals surface area contributed by atoms with Gasteiger partial charge in [-0.1, -0.05) is 18.5 Å². The molecule has 0 aliphatic heterocycles. The fourth-order valence-corrected chi connectivity index (χ4v) is 1.61. The molecular formula is C13H17ClF2N2O3. The van der Waals surface area contributed by atoms with Crippen molar-refractivity contribution in [2.75, 3.05) is 11.9 Å². The Labute approximate surface area is 126 Å². The van der Waals surface area contributed by atoms with Crippen molar-refractivity contribution in [3.05, 3.63) is 23.2 Å². The number of rotatable bonds is 6. The zero-order valence-electron chi connectivity index (χ0n) is 11.6. The Kier molecular flexibility index (Phi) is 6.17. The number of carbonyl (C=O) groups excluding carboxylic acids is 1. The molecule has 1 aromatic rings. The van der Waals surface area contributed by atoms with E-state index in [-0.39, 0.29) is 23.1 Å². The summed E-state index contributed by atoms with van der Waals surface area (Å²) in [6.07, 6.45) is 0.525. The number of amides is 2. The van der Waals surface area contributed by atoms with E-state index in [0.717, 1.165) is 0 Å². The van der Waals surface area contributed by atoms with Crippen molar-refractivity contribution >= 4 is 23.3 Å². The highest BCUT2D eigenvalue weighted by atomic mass is 35.5. The molecule has 1 atom stereocenters. The van der Waals surface area contributed by atoms with Gasteiger partial charge in [-0.05, 0) is 25.5 Å². The number of carbonyl (C=O) groups is 1. The lowest BCUT2D eigenvalue weighted by atomic mass is 10.0. The first-order chi connectivity index (χ1) is 9.79. The molecule has 0 saturated heterocycles. The highest BCUT2D eigenvalue weighted by molar-refractivity contribution is 6.32. The van der Waals surface area contributed by atoms with Crippen molar-refractivity contribution in [1.29, 1.82) is 0 Å². The van der Waals surface area contributed by atoms with E-state index in [1.807, 2.05) is 6.92 Å². The fourth-order valence-electron chi connectivity index (χ4n) is 1.44. The molecule has 8 heteroatoms. The second-order valence-corrected chi connectivity index (χ2v) is 5.08. The van der Waals surface area contributed by atoms with Gasteiger partial charge in [0.25, 0.3) is 0 Å². The van der Waals surface area contributed by atoms with Gasteiger partial charge >= 0.3 is 12.6 Å². The summed E-state index contributed by atoms with van der Waals surface area (Å²) >= 11 is 5.71. The normalized spacial score (nSPS) is 13.7. The number of anilines is 1. The third kappa shape index (κ3) is 5.35. The molecule has 0 radical (unpaired) electrons. The van der Waals surface area contributed by atoms with Crippen molar-refractivity contribution in [3.63, 3.8) is 0 Å². The van der Waals surface area contributed by atoms with Crippen LogP contribution in [0.4, 0.5) is 19.3 Å². The molecule has 3 N–H and O–H groups in total. The van der Waals surface area contributed by atoms with Gasteiger partial charge in [0.05, 0.1) is 17.2 Å². The summed E-state index contributed by atoms with van der Waals surface area (Å²) in [5, 5.41) is 14.3. The summed E-state index contributed by atoms with van der Waals surface area (Å²) in [5.41, 5.74) is -0.525. The van der Waals surface area contributed by atoms with Gasteiger partial charge in [-0.15, -0.1) is 0 Å². The van der Waals surface area contributed by atoms with Gasteiger partial charge in [0, 0.05) is 11.8 Å². The first-order valence-corrected chi connectivity index (χ1v) is 6.62. The number of ether oxygens (including phenoxy) is 1. The van der Waals surface area contributed by atoms with Crippen LogP contribution in [0.15, 0.2) is 18.2 Å². The molecule has 0 aliphatic rings. The summed E-state index contributed by atoms with van der Waals surface area (Å²) in [5.74, 6) is -0.232. The molecule has 2 amide bonds. The van der Waals surface area contributed by atoms with Crippen LogP contribution in [0.1, 0.15) is 20.3 Å². The van der Waals surface area contributed by atoms with Crippen LogP contribution < -0.4 is 15.4 Å². The largest absolute Gasteiger partial charge is 0.433 e. The van der Waals surface area contributed by atoms with E-state index in [2.05, 4.69) is 15.4 Å². The van der Waals surface area contributed by atoms with Crippen molar-refractivity contribution in [2.24, 2.45) is 0 Å². The zero-order valence-corrected chi connectivity index (χ0v) is 12.4. The molecule has 5 nitrogen and oxygen atoms in total. The van der Waals surface area contributed by atoms with Crippen LogP contribution >= 0.6 is 11.6 Å². The minimum Gasteiger partial charge on any atom is -0.433 e. The number of hydrogen-bond donors (Lipinski definition) is 3. The molecular weight excluding hydrogens is 306 g/mol. The van der Waals surface area contributed by atoms with Gasteiger partial charge < -0.3 is 20.5 Å². The number of alkyl halides is 2. The van der Waals surface area contributed by atoms with Gasteiger partial charge in [0.15, 0.2) is 0 Å². The molecule has 0 fully saturated rings. The fraction of sp³-hybridized carbons (Fsp3) is 0.462. The topological polar surface area (TPSA) is 70.6 Å². The van der Waals surface area contributed by atoms with Crippen LogP contribution in [-0.4, -0.2) is 29.9 Å². The van der Waals surface area contributed by atoms with Gasteiger partial charge in [-0.2, -0.15) is 8.78 Å². The standard InChI is InChI=1S/C13H17ClF2N2O3/c1-3-13(2,7-19)18-12(20)17-8-4-5-9(14)10(6-8)21-11(15)16/h4-6,11,19H,3,7H2,1-2H3,(H2,17,18,20). The molecule has 0 aromatic heterocycles. The molecule has 1 rings (SSSR count). The van der Waals surface area contributed by atoms with Crippen molar-refractivity contribution in [2.45, 2.75) is 32.4 Å². The average Bonchev–Trinajstić information content (AvgIpc) is 2.41. The lowest BCUT2D eigenvalue weighted by Crippen LogP contribution is -2.50. The van der Waals surface area contributed by atoms with E-state index >= 15 is 0 Å². The quantitative estimate of drug-likeness (QED) is 0.753. The Bertz CT molecular complexity index is 496. The number of aliphatic hydroxyl groups excluding tert-OH is 1. The number of benzene rings is 1. The Morgan fingerprint density at radius 3 is 2.71 bits per heavy atom. The summed E-state index contributed by atoms with van der Waals surface area (Å²) in [7, 11) is 0. The molecule has 1 unspecified atom stereocenters. The van der Waals surface area contributed by atoms with E-state index in [1.165, 1.54) is 18.2 Å². The predicted molar refractivity (Wildman–Crippen MR) is 76.0 cm³/mol. The zero-order chi connectivity index (χ0) is 16.0. The highest BCUT2D eigenvalue weighted by Gasteiger charge is 2.23. The maximum Gasteiger partial charge on any atom is 0.387 e.